The second-order valence-corrected chi connectivity index (χ2v) is 9.61. The van der Waals surface area contributed by atoms with Crippen LogP contribution in [-0.4, -0.2) is 33.9 Å². The number of hydrogen-bond acceptors (Lipinski definition) is 4. The molecule has 0 amide bonds. The van der Waals surface area contributed by atoms with Crippen LogP contribution in [0, 0.1) is 13.8 Å². The zero-order valence-electron chi connectivity index (χ0n) is 11.8. The number of rotatable bonds is 3. The quantitative estimate of drug-likeness (QED) is 0.907. The Morgan fingerprint density at radius 1 is 1.25 bits per heavy atom. The fraction of sp³-hybridized carbons (Fsp3) is 0.538. The minimum absolute atomic E-state index is 0.0266. The lowest BCUT2D eigenvalue weighted by atomic mass is 10.0. The second-order valence-electron chi connectivity index (χ2n) is 5.78. The summed E-state index contributed by atoms with van der Waals surface area (Å²) in [6.07, 6.45) is 0.305. The summed E-state index contributed by atoms with van der Waals surface area (Å²) in [5.74, 6) is -0.122. The van der Waals surface area contributed by atoms with Gasteiger partial charge in [0.05, 0.1) is 16.4 Å². The van der Waals surface area contributed by atoms with Crippen molar-refractivity contribution in [3.63, 3.8) is 0 Å². The average Bonchev–Trinajstić information content (AvgIpc) is 2.55. The molecule has 20 heavy (non-hydrogen) atoms. The van der Waals surface area contributed by atoms with E-state index in [0.29, 0.717) is 12.0 Å². The largest absolute Gasteiger partial charge is 0.241 e. The minimum atomic E-state index is -3.72. The number of sulfonamides is 1. The normalized spacial score (nSPS) is 25.8. The highest BCUT2D eigenvalue weighted by atomic mass is 32.2. The standard InChI is InChI=1S/C13H19NO4S2/c1-10-4-5-11(2)12(8-10)20(17,18)14-13(3)6-7-19(15,16)9-13/h4-5,8,14H,6-7,9H2,1-3H3/t13-/m1/s1. The molecule has 1 heterocycles. The highest BCUT2D eigenvalue weighted by molar-refractivity contribution is 7.92. The van der Waals surface area contributed by atoms with Gasteiger partial charge >= 0.3 is 0 Å². The Bertz CT molecular complexity index is 738. The van der Waals surface area contributed by atoms with Crippen molar-refractivity contribution >= 4 is 19.9 Å². The molecule has 0 bridgehead atoms. The lowest BCUT2D eigenvalue weighted by molar-refractivity contribution is 0.461. The molecular formula is C13H19NO4S2. The lowest BCUT2D eigenvalue weighted by Gasteiger charge is -2.24. The summed E-state index contributed by atoms with van der Waals surface area (Å²) in [6.45, 7) is 5.18. The topological polar surface area (TPSA) is 80.3 Å². The molecule has 1 aliphatic heterocycles. The molecule has 1 aromatic carbocycles. The zero-order valence-corrected chi connectivity index (χ0v) is 13.4. The monoisotopic (exact) mass is 317 g/mol. The van der Waals surface area contributed by atoms with Gasteiger partial charge < -0.3 is 0 Å². The average molecular weight is 317 g/mol. The van der Waals surface area contributed by atoms with Gasteiger partial charge in [-0.05, 0) is 44.4 Å². The first kappa shape index (κ1) is 15.5. The molecule has 0 radical (unpaired) electrons. The van der Waals surface area contributed by atoms with Crippen LogP contribution in [0.5, 0.6) is 0 Å². The van der Waals surface area contributed by atoms with Crippen molar-refractivity contribution in [2.45, 2.75) is 37.6 Å². The Labute approximate surface area is 120 Å². The van der Waals surface area contributed by atoms with E-state index in [1.54, 1.807) is 26.0 Å². The smallest absolute Gasteiger partial charge is 0.229 e. The van der Waals surface area contributed by atoms with Crippen molar-refractivity contribution in [3.05, 3.63) is 29.3 Å². The van der Waals surface area contributed by atoms with E-state index in [2.05, 4.69) is 4.72 Å². The molecule has 0 aromatic heterocycles. The maximum atomic E-state index is 12.5. The summed E-state index contributed by atoms with van der Waals surface area (Å²) in [5, 5.41) is 0. The van der Waals surface area contributed by atoms with E-state index in [0.717, 1.165) is 5.56 Å². The van der Waals surface area contributed by atoms with Gasteiger partial charge in [0, 0.05) is 5.54 Å². The number of nitrogens with one attached hydrogen (secondary N) is 1. The number of benzene rings is 1. The fourth-order valence-electron chi connectivity index (χ4n) is 2.47. The molecule has 1 aromatic rings. The molecule has 0 spiro atoms. The van der Waals surface area contributed by atoms with Crippen LogP contribution in [0.4, 0.5) is 0 Å². The van der Waals surface area contributed by atoms with Crippen molar-refractivity contribution in [1.29, 1.82) is 0 Å². The summed E-state index contributed by atoms with van der Waals surface area (Å²) in [6, 6.07) is 5.19. The Balaban J connectivity index is 2.35. The Morgan fingerprint density at radius 3 is 2.45 bits per heavy atom. The van der Waals surface area contributed by atoms with E-state index in [9.17, 15) is 16.8 Å². The predicted molar refractivity (Wildman–Crippen MR) is 77.9 cm³/mol. The third-order valence-electron chi connectivity index (χ3n) is 3.52. The number of hydrogen-bond donors (Lipinski definition) is 1. The van der Waals surface area contributed by atoms with Crippen molar-refractivity contribution < 1.29 is 16.8 Å². The minimum Gasteiger partial charge on any atom is -0.229 e. The molecule has 1 atom stereocenters. The summed E-state index contributed by atoms with van der Waals surface area (Å²) in [7, 11) is -6.87. The van der Waals surface area contributed by atoms with Crippen LogP contribution < -0.4 is 4.72 Å². The summed E-state index contributed by atoms with van der Waals surface area (Å²) < 4.78 is 50.6. The molecule has 1 saturated heterocycles. The van der Waals surface area contributed by atoms with Gasteiger partial charge in [0.1, 0.15) is 0 Å². The molecule has 1 N–H and O–H groups in total. The first-order valence-corrected chi connectivity index (χ1v) is 9.65. The molecule has 0 unspecified atom stereocenters. The summed E-state index contributed by atoms with van der Waals surface area (Å²) in [4.78, 5) is 0.211. The Kier molecular flexibility index (Phi) is 3.73. The summed E-state index contributed by atoms with van der Waals surface area (Å²) >= 11 is 0. The van der Waals surface area contributed by atoms with Gasteiger partial charge in [-0.15, -0.1) is 0 Å². The van der Waals surface area contributed by atoms with Gasteiger partial charge in [0.15, 0.2) is 9.84 Å². The first-order valence-electron chi connectivity index (χ1n) is 6.35. The second kappa shape index (κ2) is 4.82. The van der Waals surface area contributed by atoms with Crippen molar-refractivity contribution in [3.8, 4) is 0 Å². The maximum Gasteiger partial charge on any atom is 0.241 e. The predicted octanol–water partition coefficient (Wildman–Crippen LogP) is 1.16. The third kappa shape index (κ3) is 3.21. The molecular weight excluding hydrogens is 298 g/mol. The Hall–Kier alpha value is -0.920. The molecule has 1 fully saturated rings. The van der Waals surface area contributed by atoms with Gasteiger partial charge in [0.2, 0.25) is 10.0 Å². The van der Waals surface area contributed by atoms with E-state index in [1.165, 1.54) is 0 Å². The van der Waals surface area contributed by atoms with Crippen molar-refractivity contribution in [2.24, 2.45) is 0 Å². The number of aryl methyl sites for hydroxylation is 2. The molecule has 2 rings (SSSR count). The molecule has 112 valence electrons. The van der Waals surface area contributed by atoms with Crippen LogP contribution in [0.25, 0.3) is 0 Å². The summed E-state index contributed by atoms with van der Waals surface area (Å²) in [5.41, 5.74) is 0.570. The fourth-order valence-corrected chi connectivity index (χ4v) is 6.42. The van der Waals surface area contributed by atoms with Crippen LogP contribution in [0.2, 0.25) is 0 Å². The maximum absolute atomic E-state index is 12.5. The zero-order chi connectivity index (χ0) is 15.2. The molecule has 0 aliphatic carbocycles. The molecule has 0 saturated carbocycles. The third-order valence-corrected chi connectivity index (χ3v) is 7.20. The molecule has 7 heteroatoms. The van der Waals surface area contributed by atoms with Gasteiger partial charge in [-0.25, -0.2) is 21.6 Å². The van der Waals surface area contributed by atoms with Crippen LogP contribution in [0.1, 0.15) is 24.5 Å². The van der Waals surface area contributed by atoms with Crippen LogP contribution in [0.3, 0.4) is 0 Å². The first-order chi connectivity index (χ1) is 9.03. The SMILES string of the molecule is Cc1ccc(C)c(S(=O)(=O)N[C@]2(C)CCS(=O)(=O)C2)c1. The van der Waals surface area contributed by atoms with E-state index < -0.39 is 25.4 Å². The van der Waals surface area contributed by atoms with Crippen LogP contribution >= 0.6 is 0 Å². The van der Waals surface area contributed by atoms with Gasteiger partial charge in [-0.3, -0.25) is 0 Å². The van der Waals surface area contributed by atoms with E-state index >= 15 is 0 Å². The van der Waals surface area contributed by atoms with E-state index in [1.807, 2.05) is 13.0 Å². The number of sulfone groups is 1. The lowest BCUT2D eigenvalue weighted by Crippen LogP contribution is -2.46. The molecule has 5 nitrogen and oxygen atoms in total. The molecule has 1 aliphatic rings. The van der Waals surface area contributed by atoms with E-state index in [-0.39, 0.29) is 16.4 Å². The highest BCUT2D eigenvalue weighted by Gasteiger charge is 2.41. The van der Waals surface area contributed by atoms with E-state index in [4.69, 9.17) is 0 Å². The van der Waals surface area contributed by atoms with Gasteiger partial charge in [0.25, 0.3) is 0 Å². The van der Waals surface area contributed by atoms with Gasteiger partial charge in [-0.2, -0.15) is 0 Å². The van der Waals surface area contributed by atoms with Crippen molar-refractivity contribution in [1.82, 2.24) is 4.72 Å². The van der Waals surface area contributed by atoms with Crippen molar-refractivity contribution in [2.75, 3.05) is 11.5 Å². The van der Waals surface area contributed by atoms with Gasteiger partial charge in [-0.1, -0.05) is 12.1 Å². The van der Waals surface area contributed by atoms with Crippen LogP contribution in [-0.2, 0) is 19.9 Å². The highest BCUT2D eigenvalue weighted by Crippen LogP contribution is 2.26. The van der Waals surface area contributed by atoms with Crippen LogP contribution in [0.15, 0.2) is 23.1 Å². The Morgan fingerprint density at radius 2 is 1.90 bits per heavy atom.